The Bertz CT molecular complexity index is 141. The smallest absolute Gasteiger partial charge is 0.317 e. The molecule has 0 radical (unpaired) electrons. The van der Waals surface area contributed by atoms with E-state index in [-0.39, 0.29) is 25.0 Å². The van der Waals surface area contributed by atoms with Crippen molar-refractivity contribution in [2.75, 3.05) is 6.54 Å². The molecule has 2 N–H and O–H groups in total. The van der Waals surface area contributed by atoms with Gasteiger partial charge in [0.15, 0.2) is 0 Å². The lowest BCUT2D eigenvalue weighted by molar-refractivity contribution is -0.136. The number of nitrogens with one attached hydrogen (secondary N) is 1. The van der Waals surface area contributed by atoms with Crippen molar-refractivity contribution in [2.24, 2.45) is 0 Å². The van der Waals surface area contributed by atoms with Crippen LogP contribution in [0.15, 0.2) is 0 Å². The third-order valence-electron chi connectivity index (χ3n) is 0.809. The molecule has 0 spiro atoms. The van der Waals surface area contributed by atoms with Gasteiger partial charge in [-0.2, -0.15) is 0 Å². The van der Waals surface area contributed by atoms with Crippen LogP contribution in [0.3, 0.4) is 0 Å². The van der Waals surface area contributed by atoms with E-state index < -0.39 is 5.97 Å². The molecule has 0 rings (SSSR count). The maximum Gasteiger partial charge on any atom is 0.317 e. The van der Waals surface area contributed by atoms with Crippen molar-refractivity contribution in [3.8, 4) is 12.3 Å². The number of aliphatic carboxylic acids is 1. The maximum atomic E-state index is 9.89. The van der Waals surface area contributed by atoms with Crippen molar-refractivity contribution in [1.82, 2.24) is 5.32 Å². The fourth-order valence-electron chi connectivity index (χ4n) is 0.299. The van der Waals surface area contributed by atoms with Crippen LogP contribution in [0.5, 0.6) is 0 Å². The number of carboxylic acid groups (broad SMARTS) is 1. The van der Waals surface area contributed by atoms with Gasteiger partial charge in [0.25, 0.3) is 0 Å². The quantitative estimate of drug-likeness (QED) is 0.581. The van der Waals surface area contributed by atoms with E-state index in [9.17, 15) is 4.79 Å². The molecule has 58 valence electrons. The highest BCUT2D eigenvalue weighted by atomic mass is 35.5. The standard InChI is InChI=1S/C6H9NO2.ClH/c1-3-5(2)7-4-6(8)9;/h1,5,7H,4H2,2H3,(H,8,9);1H. The predicted octanol–water partition coefficient (Wildman–Crippen LogP) is 0.104. The first kappa shape index (κ1) is 12.0. The molecule has 4 heteroatoms. The van der Waals surface area contributed by atoms with Crippen molar-refractivity contribution in [2.45, 2.75) is 13.0 Å². The second kappa shape index (κ2) is 6.40. The second-order valence-corrected chi connectivity index (χ2v) is 1.66. The van der Waals surface area contributed by atoms with E-state index in [1.54, 1.807) is 6.92 Å². The Morgan fingerprint density at radius 3 is 2.70 bits per heavy atom. The normalized spacial score (nSPS) is 10.8. The van der Waals surface area contributed by atoms with E-state index in [1.807, 2.05) is 0 Å². The SMILES string of the molecule is C#CC(C)NCC(=O)O.Cl. The Morgan fingerprint density at radius 2 is 2.40 bits per heavy atom. The summed E-state index contributed by atoms with van der Waals surface area (Å²) in [6.07, 6.45) is 4.95. The van der Waals surface area contributed by atoms with Gasteiger partial charge < -0.3 is 5.11 Å². The van der Waals surface area contributed by atoms with E-state index in [0.29, 0.717) is 0 Å². The zero-order chi connectivity index (χ0) is 7.28. The van der Waals surface area contributed by atoms with E-state index in [2.05, 4.69) is 11.2 Å². The van der Waals surface area contributed by atoms with Crippen LogP contribution in [-0.4, -0.2) is 23.7 Å². The summed E-state index contributed by atoms with van der Waals surface area (Å²) in [5.74, 6) is 1.45. The zero-order valence-corrected chi connectivity index (χ0v) is 6.44. The van der Waals surface area contributed by atoms with Crippen LogP contribution in [0.1, 0.15) is 6.92 Å². The van der Waals surface area contributed by atoms with Gasteiger partial charge in [-0.3, -0.25) is 10.1 Å². The topological polar surface area (TPSA) is 49.3 Å². The lowest BCUT2D eigenvalue weighted by Crippen LogP contribution is -2.29. The Labute approximate surface area is 66.2 Å². The van der Waals surface area contributed by atoms with Crippen molar-refractivity contribution in [3.05, 3.63) is 0 Å². The third kappa shape index (κ3) is 7.28. The summed E-state index contributed by atoms with van der Waals surface area (Å²) in [6, 6.07) is -0.166. The average molecular weight is 164 g/mol. The third-order valence-corrected chi connectivity index (χ3v) is 0.809. The van der Waals surface area contributed by atoms with Crippen molar-refractivity contribution in [1.29, 1.82) is 0 Å². The molecule has 3 nitrogen and oxygen atoms in total. The molecule has 10 heavy (non-hydrogen) atoms. The molecular formula is C6H10ClNO2. The highest BCUT2D eigenvalue weighted by Gasteiger charge is 1.97. The van der Waals surface area contributed by atoms with Crippen LogP contribution in [0.2, 0.25) is 0 Å². The highest BCUT2D eigenvalue weighted by Crippen LogP contribution is 1.73. The van der Waals surface area contributed by atoms with Gasteiger partial charge in [-0.05, 0) is 6.92 Å². The molecule has 1 unspecified atom stereocenters. The number of hydrogen-bond acceptors (Lipinski definition) is 2. The molecule has 0 saturated heterocycles. The van der Waals surface area contributed by atoms with Gasteiger partial charge in [0.2, 0.25) is 0 Å². The summed E-state index contributed by atoms with van der Waals surface area (Å²) in [7, 11) is 0. The van der Waals surface area contributed by atoms with E-state index in [1.165, 1.54) is 0 Å². The molecular weight excluding hydrogens is 154 g/mol. The fraction of sp³-hybridized carbons (Fsp3) is 0.500. The maximum absolute atomic E-state index is 9.89. The average Bonchev–Trinajstić information content (AvgIpc) is 1.83. The highest BCUT2D eigenvalue weighted by molar-refractivity contribution is 5.85. The Balaban J connectivity index is 0. The van der Waals surface area contributed by atoms with Gasteiger partial charge in [0, 0.05) is 0 Å². The summed E-state index contributed by atoms with van der Waals surface area (Å²) in [4.78, 5) is 9.89. The molecule has 0 amide bonds. The minimum Gasteiger partial charge on any atom is -0.480 e. The monoisotopic (exact) mass is 163 g/mol. The second-order valence-electron chi connectivity index (χ2n) is 1.66. The first-order valence-corrected chi connectivity index (χ1v) is 2.58. The number of carboxylic acids is 1. The molecule has 0 bridgehead atoms. The molecule has 0 aliphatic heterocycles. The molecule has 0 fully saturated rings. The molecule has 0 aliphatic rings. The Hall–Kier alpha value is -0.720. The lowest BCUT2D eigenvalue weighted by Gasteiger charge is -2.01. The van der Waals surface area contributed by atoms with Crippen LogP contribution >= 0.6 is 12.4 Å². The van der Waals surface area contributed by atoms with E-state index in [4.69, 9.17) is 11.5 Å². The summed E-state index contributed by atoms with van der Waals surface area (Å²) >= 11 is 0. The number of rotatable bonds is 3. The van der Waals surface area contributed by atoms with Gasteiger partial charge >= 0.3 is 5.97 Å². The van der Waals surface area contributed by atoms with Crippen LogP contribution in [-0.2, 0) is 4.79 Å². The van der Waals surface area contributed by atoms with E-state index in [0.717, 1.165) is 0 Å². The molecule has 0 aromatic carbocycles. The Morgan fingerprint density at radius 1 is 1.90 bits per heavy atom. The molecule has 0 aromatic heterocycles. The van der Waals surface area contributed by atoms with E-state index >= 15 is 0 Å². The van der Waals surface area contributed by atoms with Gasteiger partial charge in [-0.15, -0.1) is 18.8 Å². The van der Waals surface area contributed by atoms with Crippen LogP contribution in [0.4, 0.5) is 0 Å². The first-order valence-electron chi connectivity index (χ1n) is 2.58. The summed E-state index contributed by atoms with van der Waals surface area (Å²) in [5.41, 5.74) is 0. The fourth-order valence-corrected chi connectivity index (χ4v) is 0.299. The van der Waals surface area contributed by atoms with Crippen molar-refractivity contribution >= 4 is 18.4 Å². The molecule has 0 heterocycles. The molecule has 0 saturated carbocycles. The molecule has 1 atom stereocenters. The lowest BCUT2D eigenvalue weighted by atomic mass is 10.3. The number of carbonyl (C=O) groups is 1. The van der Waals surface area contributed by atoms with Crippen molar-refractivity contribution < 1.29 is 9.90 Å². The van der Waals surface area contributed by atoms with Gasteiger partial charge in [-0.25, -0.2) is 0 Å². The predicted molar refractivity (Wildman–Crippen MR) is 41.2 cm³/mol. The summed E-state index contributed by atoms with van der Waals surface area (Å²) in [6.45, 7) is 1.65. The summed E-state index contributed by atoms with van der Waals surface area (Å²) in [5, 5.41) is 10.7. The zero-order valence-electron chi connectivity index (χ0n) is 5.63. The van der Waals surface area contributed by atoms with Gasteiger partial charge in [0.1, 0.15) is 0 Å². The number of terminal acetylenes is 1. The van der Waals surface area contributed by atoms with Crippen LogP contribution in [0, 0.1) is 12.3 Å². The largest absolute Gasteiger partial charge is 0.480 e. The molecule has 0 aromatic rings. The first-order chi connectivity index (χ1) is 4.16. The van der Waals surface area contributed by atoms with Gasteiger partial charge in [-0.1, -0.05) is 5.92 Å². The minimum absolute atomic E-state index is 0. The van der Waals surface area contributed by atoms with Gasteiger partial charge in [0.05, 0.1) is 12.6 Å². The van der Waals surface area contributed by atoms with Crippen molar-refractivity contribution in [3.63, 3.8) is 0 Å². The summed E-state index contributed by atoms with van der Waals surface area (Å²) < 4.78 is 0. The number of halogens is 1. The van der Waals surface area contributed by atoms with Crippen LogP contribution < -0.4 is 5.32 Å². The Kier molecular flexibility index (Phi) is 7.68. The minimum atomic E-state index is -0.892. The molecule has 0 aliphatic carbocycles. The van der Waals surface area contributed by atoms with Crippen LogP contribution in [0.25, 0.3) is 0 Å². The number of hydrogen-bond donors (Lipinski definition) is 2.